The second kappa shape index (κ2) is 22.7. The van der Waals surface area contributed by atoms with Crippen molar-refractivity contribution in [2.75, 3.05) is 20.3 Å². The smallest absolute Gasteiger partial charge is 0.328 e. The van der Waals surface area contributed by atoms with Crippen molar-refractivity contribution in [1.29, 1.82) is 0 Å². The van der Waals surface area contributed by atoms with Gasteiger partial charge in [0, 0.05) is 43.8 Å². The molecule has 376 valence electrons. The van der Waals surface area contributed by atoms with E-state index < -0.39 is 108 Å². The molecule has 21 nitrogen and oxygen atoms in total. The zero-order chi connectivity index (χ0) is 50.9. The van der Waals surface area contributed by atoms with Gasteiger partial charge in [0.2, 0.25) is 41.4 Å². The SMILES string of the molecule is COC(=O)[C@@H]1Cc2cn(c3ccccc23)[C@H](NC(=O)[C@H](Cc2ccc(O)cc2)NC(=O)[C@@H]2CCCN2C(=O)[C@@H]2CCC(=O)N2)C(=O)N[C@H](C(C)C)C(=O)N[C@@H](Cc2ccccc2)C(=O)N[C@@H](CO)C(=O)N1. The van der Waals surface area contributed by atoms with Crippen LogP contribution in [0.25, 0.3) is 10.9 Å². The molecule has 2 bridgehead atoms. The zero-order valence-electron chi connectivity index (χ0n) is 39.5. The number of aromatic hydroxyl groups is 1. The van der Waals surface area contributed by atoms with Crippen molar-refractivity contribution in [1.82, 2.24) is 46.7 Å². The number of para-hydroxylation sites is 1. The van der Waals surface area contributed by atoms with Crippen molar-refractivity contribution in [3.05, 3.63) is 102 Å². The summed E-state index contributed by atoms with van der Waals surface area (Å²) in [5.74, 6) is -7.24. The van der Waals surface area contributed by atoms with E-state index in [1.54, 1.807) is 80.6 Å². The van der Waals surface area contributed by atoms with Crippen LogP contribution in [-0.2, 0) is 67.2 Å². The van der Waals surface area contributed by atoms with E-state index >= 15 is 4.79 Å². The molecule has 3 aliphatic rings. The van der Waals surface area contributed by atoms with Gasteiger partial charge in [0.1, 0.15) is 48.0 Å². The highest BCUT2D eigenvalue weighted by Crippen LogP contribution is 2.27. The summed E-state index contributed by atoms with van der Waals surface area (Å²) in [5.41, 5.74) is 1.89. The van der Waals surface area contributed by atoms with Gasteiger partial charge in [-0.05, 0) is 60.1 Å². The summed E-state index contributed by atoms with van der Waals surface area (Å²) in [6.45, 7) is 2.69. The number of likely N-dealkylation sites (tertiary alicyclic amines) is 1. The quantitative estimate of drug-likeness (QED) is 0.0814. The minimum atomic E-state index is -1.69. The first-order chi connectivity index (χ1) is 34.0. The molecular weight excluding hydrogens is 919 g/mol. The molecule has 2 fully saturated rings. The number of nitrogens with zero attached hydrogens (tertiary/aromatic N) is 2. The van der Waals surface area contributed by atoms with Crippen molar-refractivity contribution in [3.8, 4) is 5.75 Å². The molecule has 3 aliphatic heterocycles. The van der Waals surface area contributed by atoms with Crippen LogP contribution >= 0.6 is 0 Å². The van der Waals surface area contributed by atoms with Crippen LogP contribution in [0.2, 0.25) is 0 Å². The largest absolute Gasteiger partial charge is 0.508 e. The first kappa shape index (κ1) is 51.1. The van der Waals surface area contributed by atoms with Crippen LogP contribution in [-0.4, -0.2) is 135 Å². The van der Waals surface area contributed by atoms with E-state index in [1.807, 2.05) is 0 Å². The molecule has 21 heteroatoms. The van der Waals surface area contributed by atoms with Crippen LogP contribution in [0.3, 0.4) is 0 Å². The molecule has 8 amide bonds. The van der Waals surface area contributed by atoms with Crippen LogP contribution in [0.15, 0.2) is 85.1 Å². The number of phenolic OH excluding ortho intramolecular Hbond substituents is 1. The topological polar surface area (TPSA) is 296 Å². The normalized spacial score (nSPS) is 23.6. The molecule has 8 atom stereocenters. The summed E-state index contributed by atoms with van der Waals surface area (Å²) in [4.78, 5) is 127. The Balaban J connectivity index is 1.29. The molecule has 7 rings (SSSR count). The number of amides is 8. The minimum Gasteiger partial charge on any atom is -0.508 e. The van der Waals surface area contributed by atoms with Gasteiger partial charge in [-0.1, -0.05) is 74.5 Å². The van der Waals surface area contributed by atoms with Crippen LogP contribution in [0.5, 0.6) is 5.75 Å². The Bertz CT molecular complexity index is 2660. The number of hydrogen-bond acceptors (Lipinski definition) is 12. The van der Waals surface area contributed by atoms with E-state index in [0.29, 0.717) is 34.0 Å². The molecule has 0 saturated carbocycles. The van der Waals surface area contributed by atoms with Gasteiger partial charge < -0.3 is 61.6 Å². The summed E-state index contributed by atoms with van der Waals surface area (Å²) in [5, 5.41) is 39.7. The maximum absolute atomic E-state index is 15.0. The third-order valence-electron chi connectivity index (χ3n) is 13.0. The Morgan fingerprint density at radius 1 is 0.775 bits per heavy atom. The molecule has 1 aromatic heterocycles. The van der Waals surface area contributed by atoms with E-state index in [0.717, 1.165) is 7.11 Å². The summed E-state index contributed by atoms with van der Waals surface area (Å²) < 4.78 is 6.49. The number of benzene rings is 3. The number of aliphatic hydroxyl groups is 1. The highest BCUT2D eigenvalue weighted by atomic mass is 16.5. The highest BCUT2D eigenvalue weighted by molar-refractivity contribution is 5.99. The first-order valence-electron chi connectivity index (χ1n) is 23.6. The maximum Gasteiger partial charge on any atom is 0.328 e. The van der Waals surface area contributed by atoms with Gasteiger partial charge in [0.15, 0.2) is 6.17 Å². The van der Waals surface area contributed by atoms with Crippen molar-refractivity contribution in [3.63, 3.8) is 0 Å². The summed E-state index contributed by atoms with van der Waals surface area (Å²) >= 11 is 0. The van der Waals surface area contributed by atoms with Crippen molar-refractivity contribution in [2.45, 2.75) is 107 Å². The van der Waals surface area contributed by atoms with E-state index in [1.165, 1.54) is 27.8 Å². The molecule has 0 spiro atoms. The summed E-state index contributed by atoms with van der Waals surface area (Å²) in [7, 11) is 1.12. The number of ether oxygens (including phenoxy) is 1. The molecule has 3 aromatic carbocycles. The number of hydrogen-bond donors (Lipinski definition) is 9. The highest BCUT2D eigenvalue weighted by Gasteiger charge is 2.42. The standard InChI is InChI=1S/C50H59N9O12/c1-27(2)41-47(67)53-34(22-28-10-5-4-6-11-28)43(63)55-37(26-60)45(65)54-36(50(70)71-3)24-30-25-59(38-13-8-7-12-32(30)38)42(48(68)56-41)57-44(64)35(23-29-15-17-31(61)18-16-29)52-46(66)39-14-9-21-58(39)49(69)33-19-20-40(62)51-33/h4-8,10-13,15-18,25,27,33-37,39,41-42,60-61H,9,14,19-24,26H2,1-3H3,(H,51,62)(H,52,66)(H,53,67)(H,54,65)(H,55,63)(H,56,68)(H,57,64)/t33-,34-,35-,36-,37-,39-,41+,42-/m0/s1. The Morgan fingerprint density at radius 2 is 1.46 bits per heavy atom. The van der Waals surface area contributed by atoms with Crippen molar-refractivity contribution >= 4 is 64.1 Å². The molecule has 4 aromatic rings. The van der Waals surface area contributed by atoms with E-state index in [-0.39, 0.29) is 56.7 Å². The lowest BCUT2D eigenvalue weighted by Gasteiger charge is -2.30. The maximum atomic E-state index is 15.0. The molecule has 0 aliphatic carbocycles. The Labute approximate surface area is 408 Å². The molecule has 0 radical (unpaired) electrons. The van der Waals surface area contributed by atoms with Gasteiger partial charge in [0.05, 0.1) is 19.2 Å². The monoisotopic (exact) mass is 977 g/mol. The first-order valence-corrected chi connectivity index (χ1v) is 23.6. The zero-order valence-corrected chi connectivity index (χ0v) is 39.5. The number of methoxy groups -OCH3 is 1. The number of fused-ring (bicyclic) bond motifs is 5. The Morgan fingerprint density at radius 3 is 2.14 bits per heavy atom. The van der Waals surface area contributed by atoms with E-state index in [9.17, 15) is 48.6 Å². The average Bonchev–Trinajstić information content (AvgIpc) is 4.12. The van der Waals surface area contributed by atoms with Crippen LogP contribution in [0.1, 0.15) is 62.4 Å². The van der Waals surface area contributed by atoms with Crippen molar-refractivity contribution < 1.29 is 58.1 Å². The average molecular weight is 978 g/mol. The molecular formula is C50H59N9O12. The number of rotatable bonds is 12. The van der Waals surface area contributed by atoms with Crippen LogP contribution < -0.4 is 37.2 Å². The minimum absolute atomic E-state index is 0.0514. The fourth-order valence-corrected chi connectivity index (χ4v) is 9.18. The predicted octanol–water partition coefficient (Wildman–Crippen LogP) is -0.482. The van der Waals surface area contributed by atoms with Crippen LogP contribution in [0, 0.1) is 5.92 Å². The van der Waals surface area contributed by atoms with E-state index in [2.05, 4.69) is 37.2 Å². The number of carbonyl (C=O) groups is 9. The Kier molecular flexibility index (Phi) is 16.4. The number of phenols is 1. The van der Waals surface area contributed by atoms with Gasteiger partial charge in [-0.15, -0.1) is 0 Å². The lowest BCUT2D eigenvalue weighted by atomic mass is 10.0. The number of nitrogens with one attached hydrogen (secondary N) is 7. The van der Waals surface area contributed by atoms with E-state index in [4.69, 9.17) is 4.74 Å². The number of esters is 1. The fraction of sp³-hybridized carbons (Fsp3) is 0.420. The molecule has 4 heterocycles. The molecule has 9 N–H and O–H groups in total. The summed E-state index contributed by atoms with van der Waals surface area (Å²) in [6, 6.07) is 12.5. The number of aliphatic hydroxyl groups excluding tert-OH is 1. The second-order valence-corrected chi connectivity index (χ2v) is 18.3. The van der Waals surface area contributed by atoms with Gasteiger partial charge in [-0.2, -0.15) is 0 Å². The fourth-order valence-electron chi connectivity index (χ4n) is 9.18. The third-order valence-corrected chi connectivity index (χ3v) is 13.0. The van der Waals surface area contributed by atoms with Crippen molar-refractivity contribution in [2.24, 2.45) is 5.92 Å². The second-order valence-electron chi connectivity index (χ2n) is 18.3. The summed E-state index contributed by atoms with van der Waals surface area (Å²) in [6.07, 6.45) is 0.546. The molecule has 2 saturated heterocycles. The number of aromatic nitrogens is 1. The van der Waals surface area contributed by atoms with Crippen LogP contribution in [0.4, 0.5) is 0 Å². The lowest BCUT2D eigenvalue weighted by molar-refractivity contribution is -0.145. The molecule has 0 unspecified atom stereocenters. The predicted molar refractivity (Wildman–Crippen MR) is 254 cm³/mol. The lowest BCUT2D eigenvalue weighted by Crippen LogP contribution is -2.60. The van der Waals surface area contributed by atoms with Gasteiger partial charge in [-0.25, -0.2) is 4.79 Å². The number of carbonyl (C=O) groups excluding carboxylic acids is 9. The van der Waals surface area contributed by atoms with Gasteiger partial charge in [-0.3, -0.25) is 38.4 Å². The Hall–Kier alpha value is -7.81. The van der Waals surface area contributed by atoms with Gasteiger partial charge >= 0.3 is 5.97 Å². The molecule has 71 heavy (non-hydrogen) atoms. The third kappa shape index (κ3) is 12.1. The van der Waals surface area contributed by atoms with Gasteiger partial charge in [0.25, 0.3) is 5.91 Å².